The molecule has 3 aromatic rings. The van der Waals surface area contributed by atoms with Gasteiger partial charge in [-0.25, -0.2) is 0 Å². The largest absolute Gasteiger partial charge is 0.405 e. The molecule has 0 aliphatic rings. The van der Waals surface area contributed by atoms with Crippen LogP contribution in [0.5, 0.6) is 0 Å². The molecule has 0 aliphatic carbocycles. The third-order valence-electron chi connectivity index (χ3n) is 6.05. The summed E-state index contributed by atoms with van der Waals surface area (Å²) >= 11 is 1.88. The van der Waals surface area contributed by atoms with Crippen molar-refractivity contribution in [1.29, 1.82) is 0 Å². The Morgan fingerprint density at radius 2 is 1.20 bits per heavy atom. The van der Waals surface area contributed by atoms with E-state index in [9.17, 15) is 0 Å². The fourth-order valence-corrected chi connectivity index (χ4v) is 8.99. The van der Waals surface area contributed by atoms with Gasteiger partial charge in [0.25, 0.3) is 8.32 Å². The van der Waals surface area contributed by atoms with E-state index in [0.717, 1.165) is 6.42 Å². The van der Waals surface area contributed by atoms with Gasteiger partial charge >= 0.3 is 0 Å². The molecule has 4 heteroatoms. The summed E-state index contributed by atoms with van der Waals surface area (Å²) in [5, 5.41) is 2.79. The number of hydrogen-bond acceptors (Lipinski definition) is 2. The fourth-order valence-electron chi connectivity index (χ4n) is 3.97. The summed E-state index contributed by atoms with van der Waals surface area (Å²) in [5.41, 5.74) is 3.63. The van der Waals surface area contributed by atoms with Crippen LogP contribution in [0.3, 0.4) is 0 Å². The van der Waals surface area contributed by atoms with Gasteiger partial charge in [-0.05, 0) is 40.9 Å². The van der Waals surface area contributed by atoms with Gasteiger partial charge in [0, 0.05) is 4.90 Å². The minimum absolute atomic E-state index is 0.0197. The molecule has 0 radical (unpaired) electrons. The predicted octanol–water partition coefficient (Wildman–Crippen LogP) is 7.24. The van der Waals surface area contributed by atoms with E-state index >= 15 is 0 Å². The first-order chi connectivity index (χ1) is 16.5. The third-order valence-corrected chi connectivity index (χ3v) is 11.7. The molecule has 0 aliphatic heterocycles. The van der Waals surface area contributed by atoms with Gasteiger partial charge in [-0.15, -0.1) is 17.3 Å². The van der Waals surface area contributed by atoms with Crippen LogP contribution in [0.15, 0.2) is 95.9 Å². The van der Waals surface area contributed by atoms with Crippen LogP contribution >= 0.6 is 11.8 Å². The van der Waals surface area contributed by atoms with Crippen molar-refractivity contribution in [3.8, 4) is 11.5 Å². The van der Waals surface area contributed by atoms with E-state index in [1.54, 1.807) is 0 Å². The molecule has 0 unspecified atom stereocenters. The van der Waals surface area contributed by atoms with Crippen LogP contribution in [0.2, 0.25) is 26.2 Å². The van der Waals surface area contributed by atoms with Gasteiger partial charge in [0.15, 0.2) is 0 Å². The minimum atomic E-state index is -2.44. The van der Waals surface area contributed by atoms with E-state index in [4.69, 9.17) is 4.43 Å². The lowest BCUT2D eigenvalue weighted by Gasteiger charge is -2.40. The van der Waals surface area contributed by atoms with Gasteiger partial charge in [-0.1, -0.05) is 125 Å². The Morgan fingerprint density at radius 3 is 1.63 bits per heavy atom. The molecule has 0 amide bonds. The Kier molecular flexibility index (Phi) is 9.29. The van der Waals surface area contributed by atoms with E-state index < -0.39 is 16.4 Å². The maximum atomic E-state index is 7.34. The number of hydrogen-bond donors (Lipinski definition) is 0. The molecule has 2 atom stereocenters. The highest BCUT2D eigenvalue weighted by atomic mass is 32.2. The Hall–Kier alpha value is -2.04. The van der Waals surface area contributed by atoms with Gasteiger partial charge in [-0.3, -0.25) is 0 Å². The molecule has 0 aromatic heterocycles. The summed E-state index contributed by atoms with van der Waals surface area (Å²) in [4.78, 5) is 1.26. The molecule has 3 aromatic carbocycles. The predicted molar refractivity (Wildman–Crippen MR) is 160 cm³/mol. The SMILES string of the molecule is CC(C)(C)[C@H](C[C@@H](C#C[Si](C)(C)C)Sc1ccccc1)O[Si](C)(c1ccccc1)c1ccccc1. The number of thioether (sulfide) groups is 1. The van der Waals surface area contributed by atoms with Crippen LogP contribution in [0.4, 0.5) is 0 Å². The van der Waals surface area contributed by atoms with Crippen LogP contribution in [-0.2, 0) is 4.43 Å². The third kappa shape index (κ3) is 8.25. The standard InChI is InChI=1S/C31H40OSSi2/c1-31(2,3)30(25-27(23-24-34(4,5)6)33-26-17-11-8-12-18-26)32-35(7,28-19-13-9-14-20-28)29-21-15-10-16-22-29/h8-22,27,30H,25H2,1-7H3/t27-,30+/m1/s1. The van der Waals surface area contributed by atoms with Gasteiger partial charge in [0.1, 0.15) is 8.07 Å². The molecular formula is C31H40OSSi2. The average Bonchev–Trinajstić information content (AvgIpc) is 2.82. The average molecular weight is 517 g/mol. The quantitative estimate of drug-likeness (QED) is 0.177. The van der Waals surface area contributed by atoms with Crippen molar-refractivity contribution >= 4 is 38.5 Å². The second kappa shape index (κ2) is 11.8. The molecular weight excluding hydrogens is 477 g/mol. The van der Waals surface area contributed by atoms with Crippen LogP contribution in [0, 0.1) is 16.9 Å². The lowest BCUT2D eigenvalue weighted by atomic mass is 9.86. The summed E-state index contributed by atoms with van der Waals surface area (Å²) in [6.45, 7) is 16.2. The van der Waals surface area contributed by atoms with Crippen LogP contribution in [0.25, 0.3) is 0 Å². The molecule has 0 bridgehead atoms. The molecule has 3 rings (SSSR count). The van der Waals surface area contributed by atoms with E-state index in [0.29, 0.717) is 0 Å². The highest BCUT2D eigenvalue weighted by molar-refractivity contribution is 8.00. The molecule has 0 spiro atoms. The van der Waals surface area contributed by atoms with Crippen molar-refractivity contribution < 1.29 is 4.43 Å². The molecule has 35 heavy (non-hydrogen) atoms. The summed E-state index contributed by atoms with van der Waals surface area (Å²) in [6.07, 6.45) is 0.958. The van der Waals surface area contributed by atoms with Crippen LogP contribution in [0.1, 0.15) is 27.2 Å². The molecule has 1 nitrogen and oxygen atoms in total. The first-order valence-corrected chi connectivity index (χ1v) is 19.3. The minimum Gasteiger partial charge on any atom is -0.405 e. The van der Waals surface area contributed by atoms with Crippen molar-refractivity contribution in [2.75, 3.05) is 0 Å². The van der Waals surface area contributed by atoms with Crippen molar-refractivity contribution in [3.63, 3.8) is 0 Å². The molecule has 0 heterocycles. The Labute approximate surface area is 219 Å². The molecule has 0 saturated heterocycles. The van der Waals surface area contributed by atoms with Crippen molar-refractivity contribution in [1.82, 2.24) is 0 Å². The lowest BCUT2D eigenvalue weighted by molar-refractivity contribution is 0.0781. The first-order valence-electron chi connectivity index (χ1n) is 12.5. The topological polar surface area (TPSA) is 9.23 Å². The zero-order valence-corrected chi connectivity index (χ0v) is 25.2. The highest BCUT2D eigenvalue weighted by Crippen LogP contribution is 2.34. The maximum absolute atomic E-state index is 7.34. The smallest absolute Gasteiger partial charge is 0.253 e. The number of rotatable bonds is 8. The molecule has 0 saturated carbocycles. The Morgan fingerprint density at radius 1 is 0.743 bits per heavy atom. The van der Waals surface area contributed by atoms with E-state index in [2.05, 4.69) is 149 Å². The first kappa shape index (κ1) is 27.5. The zero-order chi connectivity index (χ0) is 25.5. The fraction of sp³-hybridized carbons (Fsp3) is 0.355. The van der Waals surface area contributed by atoms with Crippen molar-refractivity contribution in [2.24, 2.45) is 5.41 Å². The monoisotopic (exact) mass is 516 g/mol. The van der Waals surface area contributed by atoms with Crippen LogP contribution in [-0.4, -0.2) is 27.7 Å². The molecule has 0 N–H and O–H groups in total. The molecule has 0 fully saturated rings. The summed E-state index contributed by atoms with van der Waals surface area (Å²) in [6, 6.07) is 32.3. The molecule has 184 valence electrons. The van der Waals surface area contributed by atoms with E-state index in [-0.39, 0.29) is 16.8 Å². The van der Waals surface area contributed by atoms with Gasteiger partial charge in [0.2, 0.25) is 0 Å². The van der Waals surface area contributed by atoms with Gasteiger partial charge < -0.3 is 4.43 Å². The van der Waals surface area contributed by atoms with Crippen molar-refractivity contribution in [2.45, 2.75) is 69.6 Å². The number of benzene rings is 3. The summed E-state index contributed by atoms with van der Waals surface area (Å²) in [7, 11) is -3.93. The van der Waals surface area contributed by atoms with Crippen molar-refractivity contribution in [3.05, 3.63) is 91.0 Å². The second-order valence-corrected chi connectivity index (χ2v) is 20.9. The van der Waals surface area contributed by atoms with Gasteiger partial charge in [0.05, 0.1) is 11.4 Å². The Bertz CT molecular complexity index is 1070. The van der Waals surface area contributed by atoms with E-state index in [1.807, 2.05) is 11.8 Å². The van der Waals surface area contributed by atoms with Crippen LogP contribution < -0.4 is 10.4 Å². The maximum Gasteiger partial charge on any atom is 0.253 e. The van der Waals surface area contributed by atoms with Gasteiger partial charge in [-0.2, -0.15) is 0 Å². The second-order valence-electron chi connectivity index (χ2n) is 11.4. The lowest BCUT2D eigenvalue weighted by Crippen LogP contribution is -2.61. The normalized spacial score (nSPS) is 14.0. The zero-order valence-electron chi connectivity index (χ0n) is 22.3. The summed E-state index contributed by atoms with van der Waals surface area (Å²) < 4.78 is 7.34. The van der Waals surface area contributed by atoms with E-state index in [1.165, 1.54) is 15.3 Å². The highest BCUT2D eigenvalue weighted by Gasteiger charge is 2.40. The Balaban J connectivity index is 1.99. The summed E-state index contributed by atoms with van der Waals surface area (Å²) in [5.74, 6) is 3.69.